The Morgan fingerprint density at radius 3 is 2.71 bits per heavy atom. The first-order valence-electron chi connectivity index (χ1n) is 7.27. The molecule has 3 rings (SSSR count). The van der Waals surface area contributed by atoms with Crippen LogP contribution in [-0.2, 0) is 10.0 Å². The molecule has 2 bridgehead atoms. The molecular formula is C14H20N2O3S2. The predicted molar refractivity (Wildman–Crippen MR) is 81.6 cm³/mol. The number of rotatable bonds is 4. The number of nitrogens with one attached hydrogen (secondary N) is 1. The quantitative estimate of drug-likeness (QED) is 0.885. The molecule has 0 saturated heterocycles. The molecule has 1 heterocycles. The maximum absolute atomic E-state index is 12.2. The highest BCUT2D eigenvalue weighted by atomic mass is 32.2. The molecule has 2 aliphatic carbocycles. The number of hydrogen-bond donors (Lipinski definition) is 2. The SMILES string of the molecule is C[C@@H](NC(=O)c1csc(S(N)(=O)=O)c1)[C@@H]1C[C@H]2CC[C@H]1C2. The molecule has 21 heavy (non-hydrogen) atoms. The first-order chi connectivity index (χ1) is 9.84. The van der Waals surface area contributed by atoms with Crippen LogP contribution in [-0.4, -0.2) is 20.4 Å². The van der Waals surface area contributed by atoms with Gasteiger partial charge in [-0.25, -0.2) is 13.6 Å². The Morgan fingerprint density at radius 2 is 2.19 bits per heavy atom. The second kappa shape index (κ2) is 5.37. The van der Waals surface area contributed by atoms with Gasteiger partial charge >= 0.3 is 0 Å². The lowest BCUT2D eigenvalue weighted by Crippen LogP contribution is -2.40. The summed E-state index contributed by atoms with van der Waals surface area (Å²) >= 11 is 0.982. The summed E-state index contributed by atoms with van der Waals surface area (Å²) in [4.78, 5) is 12.2. The smallest absolute Gasteiger partial charge is 0.252 e. The van der Waals surface area contributed by atoms with E-state index in [0.29, 0.717) is 11.5 Å². The summed E-state index contributed by atoms with van der Waals surface area (Å²) < 4.78 is 22.5. The van der Waals surface area contributed by atoms with Crippen LogP contribution < -0.4 is 10.5 Å². The molecule has 3 N–H and O–H groups in total. The number of thiophene rings is 1. The lowest BCUT2D eigenvalue weighted by atomic mass is 9.84. The van der Waals surface area contributed by atoms with E-state index >= 15 is 0 Å². The van der Waals surface area contributed by atoms with Gasteiger partial charge in [0.05, 0.1) is 5.56 Å². The fourth-order valence-electron chi connectivity index (χ4n) is 3.89. The van der Waals surface area contributed by atoms with Crippen LogP contribution in [0.2, 0.25) is 0 Å². The summed E-state index contributed by atoms with van der Waals surface area (Å²) in [7, 11) is -3.73. The van der Waals surface area contributed by atoms with Gasteiger partial charge in [0, 0.05) is 11.4 Å². The molecule has 4 atom stereocenters. The summed E-state index contributed by atoms with van der Waals surface area (Å²) in [6.07, 6.45) is 5.13. The zero-order valence-corrected chi connectivity index (χ0v) is 13.5. The monoisotopic (exact) mass is 328 g/mol. The first-order valence-corrected chi connectivity index (χ1v) is 9.69. The Balaban J connectivity index is 1.65. The molecule has 0 radical (unpaired) electrons. The lowest BCUT2D eigenvalue weighted by Gasteiger charge is -2.28. The summed E-state index contributed by atoms with van der Waals surface area (Å²) in [6, 6.07) is 1.48. The minimum Gasteiger partial charge on any atom is -0.349 e. The van der Waals surface area contributed by atoms with Crippen LogP contribution >= 0.6 is 11.3 Å². The molecular weight excluding hydrogens is 308 g/mol. The fraction of sp³-hybridized carbons (Fsp3) is 0.643. The number of hydrogen-bond acceptors (Lipinski definition) is 4. The molecule has 7 heteroatoms. The molecule has 1 aromatic heterocycles. The standard InChI is InChI=1S/C14H20N2O3S2/c1-8(12-5-9-2-3-10(12)4-9)16-14(17)11-6-13(20-7-11)21(15,18)19/h6-10,12H,2-5H2,1H3,(H,16,17)(H2,15,18,19)/t8-,9+,10+,12+/m1/s1. The van der Waals surface area contributed by atoms with Gasteiger partial charge in [0.2, 0.25) is 10.0 Å². The van der Waals surface area contributed by atoms with Crippen LogP contribution in [0, 0.1) is 17.8 Å². The Hall–Kier alpha value is -0.920. The van der Waals surface area contributed by atoms with E-state index in [1.807, 2.05) is 0 Å². The summed E-state index contributed by atoms with van der Waals surface area (Å²) in [6.45, 7) is 2.05. The molecule has 2 fully saturated rings. The van der Waals surface area contributed by atoms with Crippen molar-refractivity contribution in [2.24, 2.45) is 22.9 Å². The van der Waals surface area contributed by atoms with Crippen molar-refractivity contribution in [2.45, 2.75) is 42.9 Å². The number of carbonyl (C=O) groups excluding carboxylic acids is 1. The van der Waals surface area contributed by atoms with Gasteiger partial charge in [-0.05, 0) is 50.0 Å². The maximum atomic E-state index is 12.2. The number of sulfonamides is 1. The molecule has 2 aliphatic rings. The largest absolute Gasteiger partial charge is 0.349 e. The Bertz CT molecular complexity index is 653. The van der Waals surface area contributed by atoms with Crippen LogP contribution in [0.1, 0.15) is 43.0 Å². The molecule has 0 spiro atoms. The zero-order valence-electron chi connectivity index (χ0n) is 11.9. The second-order valence-corrected chi connectivity index (χ2v) is 9.00. The third-order valence-corrected chi connectivity index (χ3v) is 7.30. The lowest BCUT2D eigenvalue weighted by molar-refractivity contribution is 0.0915. The van der Waals surface area contributed by atoms with E-state index in [0.717, 1.165) is 23.2 Å². The summed E-state index contributed by atoms with van der Waals surface area (Å²) in [5.74, 6) is 1.93. The van der Waals surface area contributed by atoms with Crippen molar-refractivity contribution in [3.63, 3.8) is 0 Å². The van der Waals surface area contributed by atoms with E-state index in [1.54, 1.807) is 5.38 Å². The van der Waals surface area contributed by atoms with E-state index in [-0.39, 0.29) is 16.2 Å². The third-order valence-electron chi connectivity index (χ3n) is 4.91. The summed E-state index contributed by atoms with van der Waals surface area (Å²) in [5, 5.41) is 9.63. The molecule has 0 unspecified atom stereocenters. The van der Waals surface area contributed by atoms with Crippen molar-refractivity contribution in [1.29, 1.82) is 0 Å². The normalized spacial score (nSPS) is 29.5. The number of primary sulfonamides is 1. The number of fused-ring (bicyclic) bond motifs is 2. The van der Waals surface area contributed by atoms with Crippen molar-refractivity contribution < 1.29 is 13.2 Å². The van der Waals surface area contributed by atoms with Gasteiger partial charge in [0.1, 0.15) is 4.21 Å². The average molecular weight is 328 g/mol. The second-order valence-electron chi connectivity index (χ2n) is 6.30. The van der Waals surface area contributed by atoms with Gasteiger partial charge < -0.3 is 5.32 Å². The fourth-order valence-corrected chi connectivity index (χ4v) is 5.47. The summed E-state index contributed by atoms with van der Waals surface area (Å²) in [5.41, 5.74) is 0.374. The van der Waals surface area contributed by atoms with Crippen molar-refractivity contribution in [1.82, 2.24) is 5.32 Å². The average Bonchev–Trinajstić information content (AvgIpc) is 3.13. The van der Waals surface area contributed by atoms with E-state index in [9.17, 15) is 13.2 Å². The highest BCUT2D eigenvalue weighted by Gasteiger charge is 2.42. The van der Waals surface area contributed by atoms with Crippen molar-refractivity contribution in [2.75, 3.05) is 0 Å². The molecule has 2 saturated carbocycles. The van der Waals surface area contributed by atoms with Crippen LogP contribution in [0.3, 0.4) is 0 Å². The van der Waals surface area contributed by atoms with Crippen LogP contribution in [0.5, 0.6) is 0 Å². The Labute approximate surface area is 129 Å². The van der Waals surface area contributed by atoms with Crippen molar-refractivity contribution >= 4 is 27.3 Å². The molecule has 1 amide bonds. The predicted octanol–water partition coefficient (Wildman–Crippen LogP) is 1.95. The van der Waals surface area contributed by atoms with E-state index in [1.165, 1.54) is 31.7 Å². The number of nitrogens with two attached hydrogens (primary N) is 1. The van der Waals surface area contributed by atoms with Crippen molar-refractivity contribution in [3.05, 3.63) is 17.0 Å². The van der Waals surface area contributed by atoms with Crippen LogP contribution in [0.15, 0.2) is 15.7 Å². The van der Waals surface area contributed by atoms with Gasteiger partial charge in [-0.15, -0.1) is 11.3 Å². The van der Waals surface area contributed by atoms with Gasteiger partial charge in [0.15, 0.2) is 0 Å². The minimum atomic E-state index is -3.73. The first kappa shape index (κ1) is 15.0. The third kappa shape index (κ3) is 3.00. The van der Waals surface area contributed by atoms with Gasteiger partial charge in [-0.3, -0.25) is 4.79 Å². The van der Waals surface area contributed by atoms with E-state index in [2.05, 4.69) is 12.2 Å². The Kier molecular flexibility index (Phi) is 3.83. The van der Waals surface area contributed by atoms with Gasteiger partial charge in [-0.2, -0.15) is 0 Å². The molecule has 0 aromatic carbocycles. The molecule has 1 aromatic rings. The molecule has 5 nitrogen and oxygen atoms in total. The Morgan fingerprint density at radius 1 is 1.43 bits per heavy atom. The van der Waals surface area contributed by atoms with Gasteiger partial charge in [0.25, 0.3) is 5.91 Å². The molecule has 116 valence electrons. The molecule has 0 aliphatic heterocycles. The topological polar surface area (TPSA) is 89.3 Å². The maximum Gasteiger partial charge on any atom is 0.252 e. The van der Waals surface area contributed by atoms with Crippen LogP contribution in [0.25, 0.3) is 0 Å². The van der Waals surface area contributed by atoms with E-state index in [4.69, 9.17) is 5.14 Å². The van der Waals surface area contributed by atoms with Gasteiger partial charge in [-0.1, -0.05) is 6.42 Å². The number of amides is 1. The highest BCUT2D eigenvalue weighted by Crippen LogP contribution is 2.49. The minimum absolute atomic E-state index is 0.0280. The highest BCUT2D eigenvalue weighted by molar-refractivity contribution is 7.91. The van der Waals surface area contributed by atoms with Crippen molar-refractivity contribution in [3.8, 4) is 0 Å². The van der Waals surface area contributed by atoms with E-state index < -0.39 is 10.0 Å². The zero-order chi connectivity index (χ0) is 15.2. The van der Waals surface area contributed by atoms with Crippen LogP contribution in [0.4, 0.5) is 0 Å². The number of carbonyl (C=O) groups is 1.